The lowest BCUT2D eigenvalue weighted by molar-refractivity contribution is -0.134. The Hall–Kier alpha value is -1.95. The number of rotatable bonds is 8. The predicted octanol–water partition coefficient (Wildman–Crippen LogP) is 2.29. The van der Waals surface area contributed by atoms with E-state index in [1.807, 2.05) is 6.07 Å². The van der Waals surface area contributed by atoms with E-state index >= 15 is 0 Å². The van der Waals surface area contributed by atoms with E-state index in [0.717, 1.165) is 19.3 Å². The molecule has 8 heteroatoms. The number of carbonyl (C=O) groups is 1. The highest BCUT2D eigenvalue weighted by Gasteiger charge is 2.37. The molecule has 1 saturated heterocycles. The highest BCUT2D eigenvalue weighted by molar-refractivity contribution is 7.89. The van der Waals surface area contributed by atoms with Gasteiger partial charge in [-0.05, 0) is 37.8 Å². The number of amides is 1. The standard InChI is InChI=1S/C22H32N4O3S/c1-4-17(2)18(3)26(20-9-10-20)16-22(27)24-11-13-25(14-12-24)30(28,29)21-8-6-5-7-19(21)15-23/h5-8,17-18,20H,4,9-14,16H2,1-3H3. The summed E-state index contributed by atoms with van der Waals surface area (Å²) in [6.07, 6.45) is 3.38. The number of sulfonamides is 1. The second-order valence-corrected chi connectivity index (χ2v) is 10.3. The molecule has 0 N–H and O–H groups in total. The minimum Gasteiger partial charge on any atom is -0.339 e. The molecular formula is C22H32N4O3S. The van der Waals surface area contributed by atoms with Crippen LogP contribution in [0.1, 0.15) is 45.6 Å². The monoisotopic (exact) mass is 432 g/mol. The number of hydrogen-bond donors (Lipinski definition) is 0. The fourth-order valence-corrected chi connectivity index (χ4v) is 5.60. The Morgan fingerprint density at radius 3 is 2.40 bits per heavy atom. The molecule has 7 nitrogen and oxygen atoms in total. The van der Waals surface area contributed by atoms with E-state index in [-0.39, 0.29) is 29.5 Å². The average Bonchev–Trinajstić information content (AvgIpc) is 3.61. The van der Waals surface area contributed by atoms with Crippen molar-refractivity contribution in [1.82, 2.24) is 14.1 Å². The molecule has 0 spiro atoms. The molecule has 2 atom stereocenters. The molecule has 1 saturated carbocycles. The van der Waals surface area contributed by atoms with Crippen molar-refractivity contribution in [2.24, 2.45) is 5.92 Å². The molecule has 3 rings (SSSR count). The minimum atomic E-state index is -3.75. The van der Waals surface area contributed by atoms with Crippen molar-refractivity contribution in [3.63, 3.8) is 0 Å². The van der Waals surface area contributed by atoms with Crippen LogP contribution in [0.3, 0.4) is 0 Å². The maximum atomic E-state index is 13.0. The Morgan fingerprint density at radius 1 is 1.20 bits per heavy atom. The third-order valence-corrected chi connectivity index (χ3v) is 8.50. The lowest BCUT2D eigenvalue weighted by atomic mass is 9.99. The second-order valence-electron chi connectivity index (χ2n) is 8.42. The normalized spacial score (nSPS) is 20.0. The molecule has 164 valence electrons. The summed E-state index contributed by atoms with van der Waals surface area (Å²) in [5.74, 6) is 0.604. The summed E-state index contributed by atoms with van der Waals surface area (Å²) in [5, 5.41) is 9.24. The van der Waals surface area contributed by atoms with Crippen molar-refractivity contribution in [1.29, 1.82) is 5.26 Å². The average molecular weight is 433 g/mol. The number of carbonyl (C=O) groups excluding carboxylic acids is 1. The molecule has 30 heavy (non-hydrogen) atoms. The minimum absolute atomic E-state index is 0.0366. The zero-order valence-corrected chi connectivity index (χ0v) is 18.9. The topological polar surface area (TPSA) is 84.7 Å². The van der Waals surface area contributed by atoms with Gasteiger partial charge in [-0.2, -0.15) is 9.57 Å². The summed E-state index contributed by atoms with van der Waals surface area (Å²) in [7, 11) is -3.75. The van der Waals surface area contributed by atoms with Gasteiger partial charge in [-0.3, -0.25) is 9.69 Å². The first kappa shape index (κ1) is 22.7. The van der Waals surface area contributed by atoms with E-state index in [0.29, 0.717) is 37.6 Å². The Balaban J connectivity index is 1.62. The summed E-state index contributed by atoms with van der Waals surface area (Å²) >= 11 is 0. The van der Waals surface area contributed by atoms with E-state index < -0.39 is 10.0 Å². The van der Waals surface area contributed by atoms with E-state index in [4.69, 9.17) is 0 Å². The Labute approximate surface area is 180 Å². The zero-order chi connectivity index (χ0) is 21.9. The van der Waals surface area contributed by atoms with Crippen LogP contribution in [0.15, 0.2) is 29.2 Å². The molecule has 2 fully saturated rings. The van der Waals surface area contributed by atoms with Crippen LogP contribution in [0.25, 0.3) is 0 Å². The Morgan fingerprint density at radius 2 is 1.83 bits per heavy atom. The van der Waals surface area contributed by atoms with Gasteiger partial charge in [0.25, 0.3) is 0 Å². The Bertz CT molecular complexity index is 899. The smallest absolute Gasteiger partial charge is 0.244 e. The van der Waals surface area contributed by atoms with Gasteiger partial charge in [0.05, 0.1) is 17.0 Å². The van der Waals surface area contributed by atoms with E-state index in [2.05, 4.69) is 25.7 Å². The molecule has 1 heterocycles. The summed E-state index contributed by atoms with van der Waals surface area (Å²) in [6, 6.07) is 9.07. The fourth-order valence-electron chi connectivity index (χ4n) is 4.04. The van der Waals surface area contributed by atoms with Gasteiger partial charge in [-0.25, -0.2) is 8.42 Å². The third kappa shape index (κ3) is 4.85. The highest BCUT2D eigenvalue weighted by atomic mass is 32.2. The van der Waals surface area contributed by atoms with Gasteiger partial charge in [-0.1, -0.05) is 32.4 Å². The summed E-state index contributed by atoms with van der Waals surface area (Å²) in [5.41, 5.74) is 0.148. The predicted molar refractivity (Wildman–Crippen MR) is 115 cm³/mol. The first-order valence-corrected chi connectivity index (χ1v) is 12.3. The number of piperazine rings is 1. The Kier molecular flexibility index (Phi) is 7.17. The van der Waals surface area contributed by atoms with E-state index in [9.17, 15) is 18.5 Å². The van der Waals surface area contributed by atoms with Crippen molar-refractivity contribution >= 4 is 15.9 Å². The number of nitriles is 1. The SMILES string of the molecule is CCC(C)C(C)N(CC(=O)N1CCN(S(=O)(=O)c2ccccc2C#N)CC1)C1CC1. The quantitative estimate of drug-likeness (QED) is 0.629. The van der Waals surface area contributed by atoms with E-state index in [1.54, 1.807) is 17.0 Å². The number of hydrogen-bond acceptors (Lipinski definition) is 5. The van der Waals surface area contributed by atoms with Crippen molar-refractivity contribution in [2.45, 2.75) is 57.0 Å². The van der Waals surface area contributed by atoms with Crippen LogP contribution in [-0.4, -0.2) is 73.2 Å². The van der Waals surface area contributed by atoms with Gasteiger partial charge in [0.2, 0.25) is 15.9 Å². The molecule has 1 aliphatic heterocycles. The molecular weight excluding hydrogens is 400 g/mol. The lowest BCUT2D eigenvalue weighted by Gasteiger charge is -2.37. The maximum Gasteiger partial charge on any atom is 0.244 e. The second kappa shape index (κ2) is 9.46. The van der Waals surface area contributed by atoms with Crippen LogP contribution < -0.4 is 0 Å². The maximum absolute atomic E-state index is 13.0. The van der Waals surface area contributed by atoms with Gasteiger partial charge in [0, 0.05) is 38.3 Å². The zero-order valence-electron chi connectivity index (χ0n) is 18.1. The van der Waals surface area contributed by atoms with Crippen molar-refractivity contribution in [3.8, 4) is 6.07 Å². The van der Waals surface area contributed by atoms with Crippen molar-refractivity contribution < 1.29 is 13.2 Å². The van der Waals surface area contributed by atoms with Gasteiger partial charge < -0.3 is 4.90 Å². The molecule has 1 amide bonds. The molecule has 1 aromatic rings. The van der Waals surface area contributed by atoms with Crippen LogP contribution in [0.2, 0.25) is 0 Å². The summed E-state index contributed by atoms with van der Waals surface area (Å²) < 4.78 is 27.3. The first-order chi connectivity index (χ1) is 14.3. The molecule has 0 aromatic heterocycles. The van der Waals surface area contributed by atoms with Gasteiger partial charge >= 0.3 is 0 Å². The van der Waals surface area contributed by atoms with Crippen molar-refractivity contribution in [3.05, 3.63) is 29.8 Å². The number of benzene rings is 1. The molecule has 0 bridgehead atoms. The van der Waals surface area contributed by atoms with E-state index in [1.165, 1.54) is 16.4 Å². The third-order valence-electron chi connectivity index (χ3n) is 6.54. The number of nitrogens with zero attached hydrogens (tertiary/aromatic N) is 4. The molecule has 2 aliphatic rings. The van der Waals surface area contributed by atoms with Crippen LogP contribution in [0.4, 0.5) is 0 Å². The highest BCUT2D eigenvalue weighted by Crippen LogP contribution is 2.31. The lowest BCUT2D eigenvalue weighted by Crippen LogP contribution is -2.54. The van der Waals surface area contributed by atoms with Gasteiger partial charge in [0.1, 0.15) is 6.07 Å². The fraction of sp³-hybridized carbons (Fsp3) is 0.636. The van der Waals surface area contributed by atoms with Crippen LogP contribution in [-0.2, 0) is 14.8 Å². The van der Waals surface area contributed by atoms with Gasteiger partial charge in [0.15, 0.2) is 0 Å². The summed E-state index contributed by atoms with van der Waals surface area (Å²) in [6.45, 7) is 8.27. The van der Waals surface area contributed by atoms with Crippen LogP contribution >= 0.6 is 0 Å². The molecule has 1 aromatic carbocycles. The molecule has 2 unspecified atom stereocenters. The molecule has 0 radical (unpaired) electrons. The van der Waals surface area contributed by atoms with Crippen LogP contribution in [0, 0.1) is 17.2 Å². The van der Waals surface area contributed by atoms with Crippen molar-refractivity contribution in [2.75, 3.05) is 32.7 Å². The van der Waals surface area contributed by atoms with Crippen LogP contribution in [0.5, 0.6) is 0 Å². The van der Waals surface area contributed by atoms with Gasteiger partial charge in [-0.15, -0.1) is 0 Å². The summed E-state index contributed by atoms with van der Waals surface area (Å²) in [4.78, 5) is 17.1. The first-order valence-electron chi connectivity index (χ1n) is 10.8. The largest absolute Gasteiger partial charge is 0.339 e. The molecule has 1 aliphatic carbocycles.